The second-order valence-corrected chi connectivity index (χ2v) is 1.42. The van der Waals surface area contributed by atoms with Crippen molar-refractivity contribution >= 4 is 12.2 Å². The van der Waals surface area contributed by atoms with E-state index in [0.717, 1.165) is 6.54 Å². The Hall–Kier alpha value is -1.06. The lowest BCUT2D eigenvalue weighted by atomic mass is 10.5. The first kappa shape index (κ1) is 7.94. The van der Waals surface area contributed by atoms with Gasteiger partial charge in [0.25, 0.3) is 0 Å². The molecule has 0 atom stereocenters. The lowest BCUT2D eigenvalue weighted by molar-refractivity contribution is -0.135. The summed E-state index contributed by atoms with van der Waals surface area (Å²) < 4.78 is 0. The van der Waals surface area contributed by atoms with E-state index < -0.39 is 5.97 Å². The van der Waals surface area contributed by atoms with Crippen LogP contribution in [0.3, 0.4) is 0 Å². The number of carboxylic acid groups (broad SMARTS) is 1. The summed E-state index contributed by atoms with van der Waals surface area (Å²) in [4.78, 5) is 9.84. The maximum absolute atomic E-state index is 9.84. The third-order valence-electron chi connectivity index (χ3n) is 0.607. The summed E-state index contributed by atoms with van der Waals surface area (Å²) in [6, 6.07) is 0. The van der Waals surface area contributed by atoms with Gasteiger partial charge >= 0.3 is 5.97 Å². The van der Waals surface area contributed by atoms with Gasteiger partial charge < -0.3 is 10.5 Å². The molecular weight excluding hydrogens is 120 g/mol. The molecule has 0 radical (unpaired) electrons. The topological polar surface area (TPSA) is 61.7 Å². The average Bonchev–Trinajstić information content (AvgIpc) is 1.80. The molecule has 0 aromatic heterocycles. The van der Waals surface area contributed by atoms with Gasteiger partial charge in [0.1, 0.15) is 0 Å². The van der Waals surface area contributed by atoms with Gasteiger partial charge in [-0.15, -0.1) is 0 Å². The first-order valence-corrected chi connectivity index (χ1v) is 2.73. The SMILES string of the molecule is CCN/N=C\CC(=O)O. The van der Waals surface area contributed by atoms with Crippen LogP contribution in [0.4, 0.5) is 0 Å². The smallest absolute Gasteiger partial charge is 0.308 e. The van der Waals surface area contributed by atoms with Crippen LogP contribution in [0, 0.1) is 0 Å². The fourth-order valence-corrected chi connectivity index (χ4v) is 0.280. The van der Waals surface area contributed by atoms with Gasteiger partial charge in [0.15, 0.2) is 0 Å². The summed E-state index contributed by atoms with van der Waals surface area (Å²) in [6.45, 7) is 2.61. The summed E-state index contributed by atoms with van der Waals surface area (Å²) >= 11 is 0. The Kier molecular flexibility index (Phi) is 4.49. The fraction of sp³-hybridized carbons (Fsp3) is 0.600. The average molecular weight is 130 g/mol. The molecule has 0 spiro atoms. The zero-order valence-electron chi connectivity index (χ0n) is 5.29. The van der Waals surface area contributed by atoms with Gasteiger partial charge in [-0.25, -0.2) is 0 Å². The van der Waals surface area contributed by atoms with Crippen molar-refractivity contribution in [3.63, 3.8) is 0 Å². The van der Waals surface area contributed by atoms with Gasteiger partial charge in [-0.05, 0) is 6.92 Å². The predicted octanol–water partition coefficient (Wildman–Crippen LogP) is 0.0564. The van der Waals surface area contributed by atoms with E-state index in [1.807, 2.05) is 6.92 Å². The lowest BCUT2D eigenvalue weighted by Crippen LogP contribution is -2.04. The van der Waals surface area contributed by atoms with Gasteiger partial charge in [-0.2, -0.15) is 5.10 Å². The highest BCUT2D eigenvalue weighted by molar-refractivity contribution is 5.84. The Bertz CT molecular complexity index is 112. The molecular formula is C5H10N2O2. The van der Waals surface area contributed by atoms with Crippen LogP contribution in [-0.4, -0.2) is 23.8 Å². The summed E-state index contributed by atoms with van der Waals surface area (Å²) in [5.41, 5.74) is 2.61. The maximum Gasteiger partial charge on any atom is 0.308 e. The Balaban J connectivity index is 3.14. The minimum atomic E-state index is -0.864. The highest BCUT2D eigenvalue weighted by Gasteiger charge is 1.87. The number of aliphatic carboxylic acids is 1. The fourth-order valence-electron chi connectivity index (χ4n) is 0.280. The van der Waals surface area contributed by atoms with E-state index in [2.05, 4.69) is 10.5 Å². The van der Waals surface area contributed by atoms with E-state index >= 15 is 0 Å². The lowest BCUT2D eigenvalue weighted by Gasteiger charge is -1.88. The first-order chi connectivity index (χ1) is 4.27. The molecule has 0 aromatic carbocycles. The zero-order chi connectivity index (χ0) is 7.11. The molecule has 0 aromatic rings. The van der Waals surface area contributed by atoms with Crippen molar-refractivity contribution in [3.05, 3.63) is 0 Å². The molecule has 0 saturated heterocycles. The first-order valence-electron chi connectivity index (χ1n) is 2.73. The standard InChI is InChI=1S/C5H10N2O2/c1-2-6-7-4-3-5(8)9/h4,6H,2-3H2,1H3,(H,8,9)/b7-4-. The van der Waals surface area contributed by atoms with E-state index in [-0.39, 0.29) is 6.42 Å². The third kappa shape index (κ3) is 6.94. The number of hydrazone groups is 1. The Morgan fingerprint density at radius 2 is 2.56 bits per heavy atom. The van der Waals surface area contributed by atoms with E-state index in [9.17, 15) is 4.79 Å². The number of nitrogens with zero attached hydrogens (tertiary/aromatic N) is 1. The highest BCUT2D eigenvalue weighted by atomic mass is 16.4. The normalized spacial score (nSPS) is 9.89. The van der Waals surface area contributed by atoms with Crippen LogP contribution in [0.1, 0.15) is 13.3 Å². The van der Waals surface area contributed by atoms with Crippen molar-refractivity contribution in [2.75, 3.05) is 6.54 Å². The molecule has 4 nitrogen and oxygen atoms in total. The monoisotopic (exact) mass is 130 g/mol. The second kappa shape index (κ2) is 5.08. The van der Waals surface area contributed by atoms with Crippen LogP contribution in [0.5, 0.6) is 0 Å². The summed E-state index contributed by atoms with van der Waals surface area (Å²) in [5.74, 6) is -0.864. The molecule has 52 valence electrons. The number of hydrogen-bond acceptors (Lipinski definition) is 3. The Labute approximate surface area is 53.6 Å². The van der Waals surface area contributed by atoms with Crippen LogP contribution in [0.15, 0.2) is 5.10 Å². The Morgan fingerprint density at radius 3 is 3.00 bits per heavy atom. The maximum atomic E-state index is 9.84. The van der Waals surface area contributed by atoms with Crippen molar-refractivity contribution in [1.82, 2.24) is 5.43 Å². The van der Waals surface area contributed by atoms with Crippen molar-refractivity contribution in [3.8, 4) is 0 Å². The van der Waals surface area contributed by atoms with Gasteiger partial charge in [-0.3, -0.25) is 4.79 Å². The van der Waals surface area contributed by atoms with E-state index in [1.165, 1.54) is 6.21 Å². The molecule has 0 saturated carbocycles. The molecule has 0 aliphatic heterocycles. The number of carboxylic acids is 1. The molecule has 4 heteroatoms. The van der Waals surface area contributed by atoms with Gasteiger partial charge in [0.05, 0.1) is 6.42 Å². The number of hydrogen-bond donors (Lipinski definition) is 2. The summed E-state index contributed by atoms with van der Waals surface area (Å²) in [7, 11) is 0. The summed E-state index contributed by atoms with van der Waals surface area (Å²) in [6.07, 6.45) is 1.30. The van der Waals surface area contributed by atoms with Crippen molar-refractivity contribution in [1.29, 1.82) is 0 Å². The molecule has 0 fully saturated rings. The minimum absolute atomic E-state index is 0.0208. The van der Waals surface area contributed by atoms with Crippen molar-refractivity contribution < 1.29 is 9.90 Å². The Morgan fingerprint density at radius 1 is 1.89 bits per heavy atom. The minimum Gasteiger partial charge on any atom is -0.481 e. The van der Waals surface area contributed by atoms with Gasteiger partial charge in [0, 0.05) is 12.8 Å². The van der Waals surface area contributed by atoms with E-state index in [1.54, 1.807) is 0 Å². The van der Waals surface area contributed by atoms with Gasteiger partial charge in [0.2, 0.25) is 0 Å². The van der Waals surface area contributed by atoms with Crippen LogP contribution in [0.25, 0.3) is 0 Å². The number of rotatable bonds is 4. The molecule has 0 aliphatic rings. The molecule has 0 unspecified atom stereocenters. The summed E-state index contributed by atoms with van der Waals surface area (Å²) in [5, 5.41) is 11.7. The zero-order valence-corrected chi connectivity index (χ0v) is 5.29. The molecule has 2 N–H and O–H groups in total. The van der Waals surface area contributed by atoms with Crippen molar-refractivity contribution in [2.24, 2.45) is 5.10 Å². The van der Waals surface area contributed by atoms with Crippen LogP contribution >= 0.6 is 0 Å². The van der Waals surface area contributed by atoms with Crippen LogP contribution in [-0.2, 0) is 4.79 Å². The molecule has 0 rings (SSSR count). The quantitative estimate of drug-likeness (QED) is 0.417. The van der Waals surface area contributed by atoms with Gasteiger partial charge in [-0.1, -0.05) is 0 Å². The molecule has 0 bridgehead atoms. The number of nitrogens with one attached hydrogen (secondary N) is 1. The second-order valence-electron chi connectivity index (χ2n) is 1.42. The molecule has 0 aliphatic carbocycles. The van der Waals surface area contributed by atoms with E-state index in [0.29, 0.717) is 0 Å². The van der Waals surface area contributed by atoms with Crippen LogP contribution in [0.2, 0.25) is 0 Å². The third-order valence-corrected chi connectivity index (χ3v) is 0.607. The largest absolute Gasteiger partial charge is 0.481 e. The molecule has 0 heterocycles. The van der Waals surface area contributed by atoms with Crippen LogP contribution < -0.4 is 5.43 Å². The molecule has 9 heavy (non-hydrogen) atoms. The molecule has 0 amide bonds. The highest BCUT2D eigenvalue weighted by Crippen LogP contribution is 1.70. The predicted molar refractivity (Wildman–Crippen MR) is 34.4 cm³/mol. The van der Waals surface area contributed by atoms with Crippen molar-refractivity contribution in [2.45, 2.75) is 13.3 Å². The van der Waals surface area contributed by atoms with E-state index in [4.69, 9.17) is 5.11 Å². The number of carbonyl (C=O) groups is 1.